The van der Waals surface area contributed by atoms with Crippen LogP contribution >= 0.6 is 0 Å². The van der Waals surface area contributed by atoms with Crippen molar-refractivity contribution in [3.8, 4) is 0 Å². The molecule has 0 saturated heterocycles. The summed E-state index contributed by atoms with van der Waals surface area (Å²) in [6, 6.07) is 6.52. The molecule has 1 aromatic rings. The molecule has 0 saturated carbocycles. The second-order valence-electron chi connectivity index (χ2n) is 3.08. The Labute approximate surface area is 66.7 Å². The van der Waals surface area contributed by atoms with E-state index in [9.17, 15) is 0 Å². The highest BCUT2D eigenvalue weighted by Crippen LogP contribution is 2.23. The summed E-state index contributed by atoms with van der Waals surface area (Å²) in [7, 11) is 0. The Kier molecular flexibility index (Phi) is 1.66. The summed E-state index contributed by atoms with van der Waals surface area (Å²) in [6.07, 6.45) is 3.27. The number of benzene rings is 1. The topological polar surface area (TPSA) is 20.2 Å². The van der Waals surface area contributed by atoms with Crippen molar-refractivity contribution < 1.29 is 5.11 Å². The number of hydrogen-bond donors (Lipinski definition) is 1. The highest BCUT2D eigenvalue weighted by Gasteiger charge is 2.11. The molecule has 1 aliphatic carbocycles. The van der Waals surface area contributed by atoms with Gasteiger partial charge in [0, 0.05) is 6.61 Å². The standard InChI is InChI=1S/C10H12O/c11-6-5-8-1-2-9-3-4-10(9)7-8/h1-2,7,11H,3-6H2. The van der Waals surface area contributed by atoms with Crippen LogP contribution in [0.3, 0.4) is 0 Å². The third-order valence-corrected chi connectivity index (χ3v) is 2.33. The van der Waals surface area contributed by atoms with Crippen molar-refractivity contribution in [2.45, 2.75) is 19.3 Å². The molecular formula is C10H12O. The largest absolute Gasteiger partial charge is 0.396 e. The summed E-state index contributed by atoms with van der Waals surface area (Å²) >= 11 is 0. The van der Waals surface area contributed by atoms with Crippen LogP contribution in [-0.4, -0.2) is 11.7 Å². The first-order valence-electron chi connectivity index (χ1n) is 4.11. The second kappa shape index (κ2) is 2.67. The van der Waals surface area contributed by atoms with Gasteiger partial charge in [0.25, 0.3) is 0 Å². The first-order chi connectivity index (χ1) is 5.40. The molecule has 11 heavy (non-hydrogen) atoms. The van der Waals surface area contributed by atoms with E-state index in [0.29, 0.717) is 0 Å². The molecule has 0 aliphatic heterocycles. The van der Waals surface area contributed by atoms with E-state index < -0.39 is 0 Å². The molecule has 0 unspecified atom stereocenters. The van der Waals surface area contributed by atoms with Crippen LogP contribution in [0.25, 0.3) is 0 Å². The molecule has 1 aliphatic rings. The van der Waals surface area contributed by atoms with Gasteiger partial charge < -0.3 is 5.11 Å². The Morgan fingerprint density at radius 2 is 2.00 bits per heavy atom. The Bertz CT molecular complexity index is 266. The lowest BCUT2D eigenvalue weighted by Crippen LogP contribution is -2.08. The van der Waals surface area contributed by atoms with E-state index in [2.05, 4.69) is 18.2 Å². The maximum Gasteiger partial charge on any atom is 0.0471 e. The number of aliphatic hydroxyl groups excluding tert-OH is 1. The molecule has 0 aromatic heterocycles. The molecule has 1 nitrogen and oxygen atoms in total. The molecule has 58 valence electrons. The zero-order valence-electron chi connectivity index (χ0n) is 6.51. The van der Waals surface area contributed by atoms with E-state index in [0.717, 1.165) is 6.42 Å². The fourth-order valence-electron chi connectivity index (χ4n) is 1.53. The van der Waals surface area contributed by atoms with Gasteiger partial charge in [0.05, 0.1) is 0 Å². The van der Waals surface area contributed by atoms with Crippen LogP contribution in [0.15, 0.2) is 18.2 Å². The van der Waals surface area contributed by atoms with Crippen LogP contribution in [0.4, 0.5) is 0 Å². The molecule has 0 heterocycles. The average molecular weight is 148 g/mol. The number of aryl methyl sites for hydroxylation is 2. The molecule has 1 heteroatoms. The fourth-order valence-corrected chi connectivity index (χ4v) is 1.53. The first-order valence-corrected chi connectivity index (χ1v) is 4.11. The molecule has 0 bridgehead atoms. The van der Waals surface area contributed by atoms with Crippen molar-refractivity contribution >= 4 is 0 Å². The van der Waals surface area contributed by atoms with Crippen molar-refractivity contribution in [3.05, 3.63) is 34.9 Å². The molecule has 0 spiro atoms. The minimum atomic E-state index is 0.263. The Morgan fingerprint density at radius 3 is 2.55 bits per heavy atom. The zero-order chi connectivity index (χ0) is 7.68. The lowest BCUT2D eigenvalue weighted by atomic mass is 9.87. The van der Waals surface area contributed by atoms with E-state index in [1.165, 1.54) is 29.5 Å². The van der Waals surface area contributed by atoms with Gasteiger partial charge in [0.1, 0.15) is 0 Å². The highest BCUT2D eigenvalue weighted by molar-refractivity contribution is 5.38. The minimum Gasteiger partial charge on any atom is -0.396 e. The molecule has 2 rings (SSSR count). The SMILES string of the molecule is OCCc1ccc2c(c1)CC2. The molecule has 0 radical (unpaired) electrons. The molecule has 0 amide bonds. The van der Waals surface area contributed by atoms with E-state index in [1.54, 1.807) is 0 Å². The number of aliphatic hydroxyl groups is 1. The second-order valence-corrected chi connectivity index (χ2v) is 3.08. The minimum absolute atomic E-state index is 0.263. The van der Waals surface area contributed by atoms with Gasteiger partial charge in [-0.15, -0.1) is 0 Å². The van der Waals surface area contributed by atoms with Crippen LogP contribution in [0, 0.1) is 0 Å². The maximum atomic E-state index is 8.70. The maximum absolute atomic E-state index is 8.70. The van der Waals surface area contributed by atoms with E-state index in [4.69, 9.17) is 5.11 Å². The van der Waals surface area contributed by atoms with Crippen LogP contribution < -0.4 is 0 Å². The first kappa shape index (κ1) is 6.86. The van der Waals surface area contributed by atoms with Crippen LogP contribution in [0.1, 0.15) is 16.7 Å². The number of hydrogen-bond acceptors (Lipinski definition) is 1. The van der Waals surface area contributed by atoms with Crippen LogP contribution in [0.5, 0.6) is 0 Å². The Balaban J connectivity index is 2.24. The van der Waals surface area contributed by atoms with Gasteiger partial charge in [-0.3, -0.25) is 0 Å². The predicted octanol–water partition coefficient (Wildman–Crippen LogP) is 1.32. The van der Waals surface area contributed by atoms with Crippen molar-refractivity contribution in [1.29, 1.82) is 0 Å². The summed E-state index contributed by atoms with van der Waals surface area (Å²) in [5, 5.41) is 8.70. The smallest absolute Gasteiger partial charge is 0.0471 e. The number of rotatable bonds is 2. The monoisotopic (exact) mass is 148 g/mol. The molecular weight excluding hydrogens is 136 g/mol. The van der Waals surface area contributed by atoms with Gasteiger partial charge in [-0.05, 0) is 36.0 Å². The van der Waals surface area contributed by atoms with Gasteiger partial charge in [-0.25, -0.2) is 0 Å². The van der Waals surface area contributed by atoms with Crippen LogP contribution in [0.2, 0.25) is 0 Å². The van der Waals surface area contributed by atoms with Gasteiger partial charge in [-0.1, -0.05) is 18.2 Å². The lowest BCUT2D eigenvalue weighted by molar-refractivity contribution is 0.299. The molecule has 0 atom stereocenters. The summed E-state index contributed by atoms with van der Waals surface area (Å²) < 4.78 is 0. The third kappa shape index (κ3) is 1.16. The lowest BCUT2D eigenvalue weighted by Gasteiger charge is -2.18. The van der Waals surface area contributed by atoms with Gasteiger partial charge in [0.2, 0.25) is 0 Å². The quantitative estimate of drug-likeness (QED) is 0.670. The average Bonchev–Trinajstić information content (AvgIpc) is 1.96. The van der Waals surface area contributed by atoms with Crippen molar-refractivity contribution in [2.75, 3.05) is 6.61 Å². The summed E-state index contributed by atoms with van der Waals surface area (Å²) in [4.78, 5) is 0. The zero-order valence-corrected chi connectivity index (χ0v) is 6.51. The molecule has 1 N–H and O–H groups in total. The normalized spacial score (nSPS) is 13.9. The Morgan fingerprint density at radius 1 is 1.18 bits per heavy atom. The van der Waals surface area contributed by atoms with Crippen molar-refractivity contribution in [2.24, 2.45) is 0 Å². The van der Waals surface area contributed by atoms with Gasteiger partial charge in [0.15, 0.2) is 0 Å². The molecule has 1 aromatic carbocycles. The predicted molar refractivity (Wildman–Crippen MR) is 44.6 cm³/mol. The summed E-state index contributed by atoms with van der Waals surface area (Å²) in [6.45, 7) is 0.263. The highest BCUT2D eigenvalue weighted by atomic mass is 16.2. The van der Waals surface area contributed by atoms with Gasteiger partial charge in [-0.2, -0.15) is 0 Å². The van der Waals surface area contributed by atoms with Crippen molar-refractivity contribution in [1.82, 2.24) is 0 Å². The number of fused-ring (bicyclic) bond motifs is 1. The van der Waals surface area contributed by atoms with E-state index in [1.807, 2.05) is 0 Å². The van der Waals surface area contributed by atoms with Crippen LogP contribution in [-0.2, 0) is 19.3 Å². The third-order valence-electron chi connectivity index (χ3n) is 2.33. The molecule has 0 fully saturated rings. The van der Waals surface area contributed by atoms with Gasteiger partial charge >= 0.3 is 0 Å². The van der Waals surface area contributed by atoms with E-state index in [-0.39, 0.29) is 6.61 Å². The fraction of sp³-hybridized carbons (Fsp3) is 0.400. The Hall–Kier alpha value is -0.820. The summed E-state index contributed by atoms with van der Waals surface area (Å²) in [5.74, 6) is 0. The summed E-state index contributed by atoms with van der Waals surface area (Å²) in [5.41, 5.74) is 4.24. The van der Waals surface area contributed by atoms with Crippen molar-refractivity contribution in [3.63, 3.8) is 0 Å². The van der Waals surface area contributed by atoms with E-state index >= 15 is 0 Å².